The summed E-state index contributed by atoms with van der Waals surface area (Å²) in [6, 6.07) is 2.69. The van der Waals surface area contributed by atoms with Crippen molar-refractivity contribution < 1.29 is 13.2 Å². The molecule has 0 fully saturated rings. The van der Waals surface area contributed by atoms with Gasteiger partial charge in [0, 0.05) is 15.0 Å². The maximum absolute atomic E-state index is 13.2. The van der Waals surface area contributed by atoms with Gasteiger partial charge in [-0.15, -0.1) is 24.0 Å². The molecule has 0 nitrogen and oxygen atoms in total. The van der Waals surface area contributed by atoms with E-state index in [2.05, 4.69) is 12.6 Å². The monoisotopic (exact) mass is 234 g/mol. The number of thiol groups is 1. The molecule has 74 valence electrons. The Morgan fingerprint density at radius 2 is 2.07 bits per heavy atom. The lowest BCUT2D eigenvalue weighted by Crippen LogP contribution is -1.91. The average Bonchev–Trinajstić information content (AvgIpc) is 2.51. The van der Waals surface area contributed by atoms with Crippen molar-refractivity contribution in [1.29, 1.82) is 0 Å². The van der Waals surface area contributed by atoms with Crippen LogP contribution >= 0.6 is 24.0 Å². The molecule has 14 heavy (non-hydrogen) atoms. The Morgan fingerprint density at radius 3 is 2.71 bits per heavy atom. The highest BCUT2D eigenvalue weighted by Crippen LogP contribution is 2.36. The summed E-state index contributed by atoms with van der Waals surface area (Å²) in [7, 11) is 0. The smallest absolute Gasteiger partial charge is 0.206 e. The second-order valence-corrected chi connectivity index (χ2v) is 4.15. The van der Waals surface area contributed by atoms with Crippen molar-refractivity contribution in [2.75, 3.05) is 0 Å². The summed E-state index contributed by atoms with van der Waals surface area (Å²) < 4.78 is 38.5. The van der Waals surface area contributed by atoms with Gasteiger partial charge in [-0.3, -0.25) is 0 Å². The van der Waals surface area contributed by atoms with Gasteiger partial charge in [0.2, 0.25) is 0 Å². The second kappa shape index (κ2) is 3.47. The van der Waals surface area contributed by atoms with Crippen LogP contribution in [0, 0.1) is 5.82 Å². The molecule has 0 radical (unpaired) electrons. The van der Waals surface area contributed by atoms with E-state index in [0.717, 1.165) is 17.4 Å². The fourth-order valence-electron chi connectivity index (χ4n) is 1.31. The normalized spacial score (nSPS) is 11.5. The molecule has 0 amide bonds. The van der Waals surface area contributed by atoms with Crippen LogP contribution in [-0.4, -0.2) is 0 Å². The number of thiophene rings is 1. The number of alkyl halides is 2. The van der Waals surface area contributed by atoms with Crippen LogP contribution < -0.4 is 0 Å². The fraction of sp³-hybridized carbons (Fsp3) is 0.111. The van der Waals surface area contributed by atoms with E-state index in [1.807, 2.05) is 0 Å². The van der Waals surface area contributed by atoms with Crippen LogP contribution in [0.1, 0.15) is 12.0 Å². The van der Waals surface area contributed by atoms with Gasteiger partial charge in [-0.1, -0.05) is 0 Å². The Bertz CT molecular complexity index is 476. The first-order valence-electron chi connectivity index (χ1n) is 3.78. The molecule has 0 saturated carbocycles. The quantitative estimate of drug-likeness (QED) is 0.700. The highest BCUT2D eigenvalue weighted by molar-refractivity contribution is 7.80. The van der Waals surface area contributed by atoms with Crippen LogP contribution in [0.15, 0.2) is 22.4 Å². The van der Waals surface area contributed by atoms with E-state index in [-0.39, 0.29) is 4.70 Å². The third kappa shape index (κ3) is 1.40. The van der Waals surface area contributed by atoms with E-state index >= 15 is 0 Å². The van der Waals surface area contributed by atoms with Gasteiger partial charge in [0.05, 0.1) is 5.56 Å². The highest BCUT2D eigenvalue weighted by atomic mass is 32.1. The summed E-state index contributed by atoms with van der Waals surface area (Å²) in [5.41, 5.74) is -0.521. The Balaban J connectivity index is 2.86. The van der Waals surface area contributed by atoms with Crippen molar-refractivity contribution in [1.82, 2.24) is 0 Å². The van der Waals surface area contributed by atoms with Gasteiger partial charge in [-0.25, -0.2) is 13.2 Å². The summed E-state index contributed by atoms with van der Waals surface area (Å²) in [6.07, 6.45) is -2.79. The Kier molecular flexibility index (Phi) is 2.45. The van der Waals surface area contributed by atoms with Crippen molar-refractivity contribution >= 4 is 34.1 Å². The summed E-state index contributed by atoms with van der Waals surface area (Å²) >= 11 is 5.13. The zero-order valence-electron chi connectivity index (χ0n) is 6.80. The highest BCUT2D eigenvalue weighted by Gasteiger charge is 2.19. The number of halogens is 3. The molecule has 0 atom stereocenters. The molecule has 0 aliphatic rings. The second-order valence-electron chi connectivity index (χ2n) is 2.76. The molecule has 2 rings (SSSR count). The first-order valence-corrected chi connectivity index (χ1v) is 5.10. The number of hydrogen-bond donors (Lipinski definition) is 1. The summed E-state index contributed by atoms with van der Waals surface area (Å²) in [4.78, 5) is 0.392. The van der Waals surface area contributed by atoms with Crippen LogP contribution in [0.2, 0.25) is 0 Å². The van der Waals surface area contributed by atoms with Crippen LogP contribution in [0.25, 0.3) is 10.1 Å². The summed E-state index contributed by atoms with van der Waals surface area (Å²) in [6.45, 7) is 0. The summed E-state index contributed by atoms with van der Waals surface area (Å²) in [5.74, 6) is -0.889. The molecule has 0 aliphatic carbocycles. The van der Waals surface area contributed by atoms with Gasteiger partial charge >= 0.3 is 0 Å². The molecule has 0 saturated heterocycles. The first-order chi connectivity index (χ1) is 6.61. The van der Waals surface area contributed by atoms with Gasteiger partial charge in [0.15, 0.2) is 0 Å². The van der Waals surface area contributed by atoms with Crippen molar-refractivity contribution in [2.45, 2.75) is 11.3 Å². The minimum Gasteiger partial charge on any atom is -0.206 e. The topological polar surface area (TPSA) is 0 Å². The molecule has 1 heterocycles. The summed E-state index contributed by atoms with van der Waals surface area (Å²) in [5, 5.41) is 2.23. The molecule has 2 aromatic rings. The Hall–Kier alpha value is -0.680. The van der Waals surface area contributed by atoms with Crippen LogP contribution in [0.5, 0.6) is 0 Å². The Labute approximate surface area is 87.8 Å². The molecule has 0 N–H and O–H groups in total. The average molecular weight is 234 g/mol. The van der Waals surface area contributed by atoms with Crippen molar-refractivity contribution in [2.24, 2.45) is 0 Å². The molecular weight excluding hydrogens is 229 g/mol. The van der Waals surface area contributed by atoms with E-state index in [9.17, 15) is 13.2 Å². The number of rotatable bonds is 1. The maximum atomic E-state index is 13.2. The van der Waals surface area contributed by atoms with Gasteiger partial charge in [0.25, 0.3) is 6.43 Å². The zero-order chi connectivity index (χ0) is 10.3. The van der Waals surface area contributed by atoms with Gasteiger partial charge in [-0.2, -0.15) is 0 Å². The van der Waals surface area contributed by atoms with Crippen LogP contribution in [-0.2, 0) is 0 Å². The SMILES string of the molecule is Fc1cc(S)c2ccsc2c1C(F)F. The van der Waals surface area contributed by atoms with Crippen molar-refractivity contribution in [3.63, 3.8) is 0 Å². The molecule has 5 heteroatoms. The van der Waals surface area contributed by atoms with E-state index in [1.165, 1.54) is 0 Å². The zero-order valence-corrected chi connectivity index (χ0v) is 8.51. The van der Waals surface area contributed by atoms with Crippen molar-refractivity contribution in [3.05, 3.63) is 28.9 Å². The van der Waals surface area contributed by atoms with Gasteiger partial charge < -0.3 is 0 Å². The lowest BCUT2D eigenvalue weighted by atomic mass is 10.1. The van der Waals surface area contributed by atoms with Gasteiger partial charge in [-0.05, 0) is 17.5 Å². The van der Waals surface area contributed by atoms with Crippen LogP contribution in [0.4, 0.5) is 13.2 Å². The third-order valence-electron chi connectivity index (χ3n) is 1.92. The van der Waals surface area contributed by atoms with Crippen molar-refractivity contribution in [3.8, 4) is 0 Å². The molecule has 1 aromatic carbocycles. The van der Waals surface area contributed by atoms with E-state index in [1.54, 1.807) is 11.4 Å². The predicted octanol–water partition coefficient (Wildman–Crippen LogP) is 4.27. The standard InChI is InChI=1S/C9H5F3S2/c10-5-3-6(13)4-1-2-14-8(4)7(5)9(11)12/h1-3,9,13H. The lowest BCUT2D eigenvalue weighted by Gasteiger charge is -2.05. The molecule has 0 spiro atoms. The van der Waals surface area contributed by atoms with E-state index in [0.29, 0.717) is 10.3 Å². The van der Waals surface area contributed by atoms with E-state index < -0.39 is 17.8 Å². The lowest BCUT2D eigenvalue weighted by molar-refractivity contribution is 0.148. The largest absolute Gasteiger partial charge is 0.268 e. The molecule has 0 bridgehead atoms. The third-order valence-corrected chi connectivity index (χ3v) is 3.24. The minimum absolute atomic E-state index is 0.282. The number of hydrogen-bond acceptors (Lipinski definition) is 2. The fourth-order valence-corrected chi connectivity index (χ4v) is 2.64. The Morgan fingerprint density at radius 1 is 1.36 bits per heavy atom. The molecule has 1 aromatic heterocycles. The molecular formula is C9H5F3S2. The molecule has 0 unspecified atom stereocenters. The number of fused-ring (bicyclic) bond motifs is 1. The van der Waals surface area contributed by atoms with Crippen LogP contribution in [0.3, 0.4) is 0 Å². The molecule has 0 aliphatic heterocycles. The maximum Gasteiger partial charge on any atom is 0.268 e. The number of benzene rings is 1. The first kappa shape index (κ1) is 9.86. The van der Waals surface area contributed by atoms with Gasteiger partial charge in [0.1, 0.15) is 5.82 Å². The minimum atomic E-state index is -2.79. The van der Waals surface area contributed by atoms with E-state index in [4.69, 9.17) is 0 Å². The predicted molar refractivity (Wildman–Crippen MR) is 54.0 cm³/mol.